The molecule has 0 amide bonds. The molecule has 1 fully saturated rings. The fourth-order valence-corrected chi connectivity index (χ4v) is 29.3. The summed E-state index contributed by atoms with van der Waals surface area (Å²) >= 11 is -7.82. The average molecular weight is 956 g/mol. The van der Waals surface area contributed by atoms with Crippen LogP contribution in [0.25, 0.3) is 0 Å². The summed E-state index contributed by atoms with van der Waals surface area (Å²) in [6.07, 6.45) is 7.69. The molecule has 0 spiro atoms. The van der Waals surface area contributed by atoms with E-state index in [9.17, 15) is 9.59 Å². The van der Waals surface area contributed by atoms with Gasteiger partial charge in [0.1, 0.15) is 0 Å². The Morgan fingerprint density at radius 2 is 0.786 bits per heavy atom. The second kappa shape index (κ2) is 20.9. The monoisotopic (exact) mass is 958 g/mol. The van der Waals surface area contributed by atoms with E-state index in [4.69, 9.17) is 6.15 Å². The molecule has 6 aromatic rings. The molecule has 0 N–H and O–H groups in total. The molecule has 7 rings (SSSR count). The molecule has 2 unspecified atom stereocenters. The van der Waals surface area contributed by atoms with E-state index >= 15 is 0 Å². The molecule has 56 heavy (non-hydrogen) atoms. The van der Waals surface area contributed by atoms with E-state index in [0.29, 0.717) is 24.7 Å². The van der Waals surface area contributed by atoms with E-state index in [1.807, 2.05) is 72.8 Å². The molecule has 0 aliphatic heterocycles. The van der Waals surface area contributed by atoms with Crippen molar-refractivity contribution >= 4 is 71.0 Å². The number of hydrogen-bond donors (Lipinski definition) is 0. The minimum atomic E-state index is -3.92. The van der Waals surface area contributed by atoms with Crippen molar-refractivity contribution in [3.05, 3.63) is 182 Å². The molecule has 0 bridgehead atoms. The fourth-order valence-electron chi connectivity index (χ4n) is 7.77. The Balaban J connectivity index is 0.000000190. The first-order valence-corrected chi connectivity index (χ1v) is 31.1. The zero-order valence-corrected chi connectivity index (χ0v) is 38.5. The standard InChI is InChI=1S/C7H12O2.C7H14O2.6C6H5.2Sn/c1-5-2-3-6(5)4-7(8)9;1-2-3-4-5-6-7(8)9;6*1-2-4-6-5-3-1;;/h5-6H,2-4H2,1H3,(H,8,9);2-6H2,1H3,(H,8,9);6*1-5H;;/q;;;;;;;;2*+1/p-2. The Labute approximate surface area is 343 Å². The zero-order chi connectivity index (χ0) is 39.1. The Kier molecular flexibility index (Phi) is 15.5. The van der Waals surface area contributed by atoms with Gasteiger partial charge in [0.25, 0.3) is 0 Å². The first-order valence-electron chi connectivity index (χ1n) is 20.2. The van der Waals surface area contributed by atoms with Gasteiger partial charge in [-0.05, 0) is 0 Å². The topological polar surface area (TPSA) is 52.6 Å². The number of carbonyl (C=O) groups excluding carboxylic acids is 2. The predicted molar refractivity (Wildman–Crippen MR) is 235 cm³/mol. The van der Waals surface area contributed by atoms with Crippen molar-refractivity contribution in [1.29, 1.82) is 0 Å². The summed E-state index contributed by atoms with van der Waals surface area (Å²) in [5.74, 6) is 0.994. The molecule has 0 saturated heterocycles. The van der Waals surface area contributed by atoms with E-state index in [-0.39, 0.29) is 11.9 Å². The van der Waals surface area contributed by atoms with E-state index < -0.39 is 37.6 Å². The van der Waals surface area contributed by atoms with Crippen LogP contribution in [0.2, 0.25) is 0 Å². The summed E-state index contributed by atoms with van der Waals surface area (Å²) < 4.78 is 20.2. The third kappa shape index (κ3) is 10.0. The first kappa shape index (κ1) is 41.5. The number of benzene rings is 6. The SMILES string of the molecule is CC1CCC1CC(=O)[O][Sn]([c]1ccccc1)([c]1ccccc1)[c]1ccccc1.CCCCCCC(=O)[O][Sn]([c]1ccccc1)([c]1ccccc1)[c]1ccccc1. The number of carbonyl (C=O) groups is 2. The van der Waals surface area contributed by atoms with Crippen molar-refractivity contribution in [2.45, 2.75) is 65.2 Å². The van der Waals surface area contributed by atoms with Crippen LogP contribution in [0.1, 0.15) is 65.2 Å². The Morgan fingerprint density at radius 1 is 0.464 bits per heavy atom. The number of rotatable bonds is 15. The summed E-state index contributed by atoms with van der Waals surface area (Å²) in [6, 6.07) is 62.2. The molecule has 286 valence electrons. The third-order valence-corrected chi connectivity index (χ3v) is 33.8. The molecule has 0 radical (unpaired) electrons. The molecule has 1 aliphatic rings. The van der Waals surface area contributed by atoms with E-state index in [0.717, 1.165) is 42.8 Å². The average Bonchev–Trinajstić information content (AvgIpc) is 3.27. The Hall–Kier alpha value is -4.14. The van der Waals surface area contributed by atoms with Gasteiger partial charge in [-0.2, -0.15) is 0 Å². The van der Waals surface area contributed by atoms with Crippen LogP contribution in [0, 0.1) is 11.8 Å². The van der Waals surface area contributed by atoms with Gasteiger partial charge in [-0.3, -0.25) is 0 Å². The summed E-state index contributed by atoms with van der Waals surface area (Å²) in [5.41, 5.74) is 0. The zero-order valence-electron chi connectivity index (χ0n) is 32.8. The maximum atomic E-state index is 13.2. The van der Waals surface area contributed by atoms with Gasteiger partial charge in [0.05, 0.1) is 0 Å². The fraction of sp³-hybridized carbons (Fsp3) is 0.240. The van der Waals surface area contributed by atoms with Crippen molar-refractivity contribution < 1.29 is 15.7 Å². The molecule has 1 saturated carbocycles. The van der Waals surface area contributed by atoms with Gasteiger partial charge >= 0.3 is 346 Å². The summed E-state index contributed by atoms with van der Waals surface area (Å²) in [7, 11) is 0. The van der Waals surface area contributed by atoms with Crippen molar-refractivity contribution in [3.63, 3.8) is 0 Å². The molecule has 6 aromatic carbocycles. The molecule has 6 heteroatoms. The Bertz CT molecular complexity index is 1870. The van der Waals surface area contributed by atoms with E-state index in [2.05, 4.69) is 123 Å². The molecule has 0 aromatic heterocycles. The Morgan fingerprint density at radius 3 is 1.05 bits per heavy atom. The summed E-state index contributed by atoms with van der Waals surface area (Å²) in [5, 5.41) is 0. The predicted octanol–water partition coefficient (Wildman–Crippen LogP) is 7.80. The summed E-state index contributed by atoms with van der Waals surface area (Å²) in [6.45, 7) is 4.42. The second-order valence-corrected chi connectivity index (χ2v) is 33.7. The number of hydrogen-bond acceptors (Lipinski definition) is 4. The van der Waals surface area contributed by atoms with Crippen LogP contribution in [0.15, 0.2) is 182 Å². The minimum absolute atomic E-state index is 0.0380. The van der Waals surface area contributed by atoms with Gasteiger partial charge < -0.3 is 0 Å². The van der Waals surface area contributed by atoms with Crippen molar-refractivity contribution in [1.82, 2.24) is 0 Å². The van der Waals surface area contributed by atoms with Gasteiger partial charge in [0, 0.05) is 0 Å². The van der Waals surface area contributed by atoms with Crippen LogP contribution in [0.4, 0.5) is 0 Å². The molecule has 1 aliphatic carbocycles. The molecular formula is C50H54O4Sn2. The van der Waals surface area contributed by atoms with Crippen LogP contribution >= 0.6 is 0 Å². The van der Waals surface area contributed by atoms with Crippen molar-refractivity contribution in [3.8, 4) is 0 Å². The van der Waals surface area contributed by atoms with Gasteiger partial charge in [-0.25, -0.2) is 0 Å². The van der Waals surface area contributed by atoms with Crippen molar-refractivity contribution in [2.24, 2.45) is 11.8 Å². The normalized spacial score (nSPS) is 15.0. The molecule has 4 nitrogen and oxygen atoms in total. The molecule has 2 atom stereocenters. The van der Waals surface area contributed by atoms with Gasteiger partial charge in [0.2, 0.25) is 0 Å². The van der Waals surface area contributed by atoms with Crippen LogP contribution in [-0.4, -0.2) is 49.5 Å². The third-order valence-electron chi connectivity index (χ3n) is 11.1. The molecule has 0 heterocycles. The van der Waals surface area contributed by atoms with Crippen LogP contribution in [0.3, 0.4) is 0 Å². The van der Waals surface area contributed by atoms with E-state index in [1.54, 1.807) is 0 Å². The quantitative estimate of drug-likeness (QED) is 0.0780. The van der Waals surface area contributed by atoms with Crippen LogP contribution < -0.4 is 21.5 Å². The van der Waals surface area contributed by atoms with Crippen molar-refractivity contribution in [2.75, 3.05) is 0 Å². The van der Waals surface area contributed by atoms with Gasteiger partial charge in [-0.1, -0.05) is 0 Å². The summed E-state index contributed by atoms with van der Waals surface area (Å²) in [4.78, 5) is 26.1. The van der Waals surface area contributed by atoms with Gasteiger partial charge in [-0.15, -0.1) is 0 Å². The van der Waals surface area contributed by atoms with Gasteiger partial charge in [0.15, 0.2) is 0 Å². The van der Waals surface area contributed by atoms with Crippen LogP contribution in [-0.2, 0) is 15.7 Å². The maximum absolute atomic E-state index is 13.2. The first-order chi connectivity index (χ1) is 27.5. The van der Waals surface area contributed by atoms with E-state index in [1.165, 1.54) is 17.2 Å². The second-order valence-electron chi connectivity index (χ2n) is 14.8. The number of unbranched alkanes of at least 4 members (excludes halogenated alkanes) is 3. The van der Waals surface area contributed by atoms with Crippen LogP contribution in [0.5, 0.6) is 0 Å². The molecular weight excluding hydrogens is 902 g/mol.